The quantitative estimate of drug-likeness (QED) is 0.862. The number of hydrogen-bond donors (Lipinski definition) is 1. The van der Waals surface area contributed by atoms with Crippen LogP contribution in [0.2, 0.25) is 0 Å². The second-order valence-electron chi connectivity index (χ2n) is 3.86. The highest BCUT2D eigenvalue weighted by molar-refractivity contribution is 7.81. The zero-order valence-electron chi connectivity index (χ0n) is 10.4. The second-order valence-corrected chi connectivity index (χ2v) is 4.64. The van der Waals surface area contributed by atoms with Crippen molar-refractivity contribution in [3.8, 4) is 0 Å². The number of nitrogens with one attached hydrogen (secondary N) is 1. The molecule has 2 rings (SSSR count). The minimum atomic E-state index is -0.687. The van der Waals surface area contributed by atoms with Crippen molar-refractivity contribution in [3.63, 3.8) is 0 Å². The maximum atomic E-state index is 11.7. The summed E-state index contributed by atoms with van der Waals surface area (Å²) < 4.78 is 5.02. The number of rotatable bonds is 2. The Hall–Kier alpha value is -2.11. The van der Waals surface area contributed by atoms with Crippen LogP contribution in [-0.4, -0.2) is 16.1 Å². The number of ether oxygens (including phenoxy) is 1. The summed E-state index contributed by atoms with van der Waals surface area (Å²) in [5.41, 5.74) is 1.41. The molecule has 2 aromatic carbocycles. The predicted molar refractivity (Wildman–Crippen MR) is 85.9 cm³/mol. The number of carbonyl (C=O) groups excluding carboxylic acids is 1. The smallest absolute Gasteiger partial charge is 0.397 e. The van der Waals surface area contributed by atoms with Gasteiger partial charge in [0.25, 0.3) is 0 Å². The normalized spacial score (nSPS) is 9.60. The van der Waals surface area contributed by atoms with Gasteiger partial charge in [-0.3, -0.25) is 5.32 Å². The van der Waals surface area contributed by atoms with Gasteiger partial charge in [0.15, 0.2) is 0 Å². The lowest BCUT2D eigenvalue weighted by atomic mass is 10.2. The van der Waals surface area contributed by atoms with Gasteiger partial charge in [0.1, 0.15) is 4.99 Å². The average Bonchev–Trinajstić information content (AvgIpc) is 2.49. The fraction of sp³-hybridized carbons (Fsp3) is 0. The summed E-state index contributed by atoms with van der Waals surface area (Å²) in [6.45, 7) is 0. The van der Waals surface area contributed by atoms with Gasteiger partial charge in [0, 0.05) is 11.1 Å². The largest absolute Gasteiger partial charge is 0.418 e. The number of amides is 1. The Balaban J connectivity index is 1.93. The Morgan fingerprint density at radius 2 is 1.35 bits per heavy atom. The number of alkyl carbamates (subject to hydrolysis) is 1. The first-order valence-electron chi connectivity index (χ1n) is 5.84. The van der Waals surface area contributed by atoms with Crippen molar-refractivity contribution in [2.75, 3.05) is 0 Å². The van der Waals surface area contributed by atoms with Crippen molar-refractivity contribution in [2.24, 2.45) is 0 Å². The van der Waals surface area contributed by atoms with Gasteiger partial charge in [-0.15, -0.1) is 0 Å². The zero-order chi connectivity index (χ0) is 14.4. The third-order valence-electron chi connectivity index (χ3n) is 2.45. The molecule has 0 aromatic heterocycles. The van der Waals surface area contributed by atoms with Gasteiger partial charge in [-0.2, -0.15) is 0 Å². The molecule has 20 heavy (non-hydrogen) atoms. The van der Waals surface area contributed by atoms with E-state index in [-0.39, 0.29) is 5.05 Å². The SMILES string of the molecule is O=C(NC(=S)c1ccccc1)OC(=S)c1ccccc1. The molecule has 0 saturated carbocycles. The Kier molecular flexibility index (Phi) is 4.92. The first-order chi connectivity index (χ1) is 9.66. The number of carbonyl (C=O) groups is 1. The molecule has 0 spiro atoms. The lowest BCUT2D eigenvalue weighted by Crippen LogP contribution is -2.31. The van der Waals surface area contributed by atoms with E-state index >= 15 is 0 Å². The molecule has 1 amide bonds. The van der Waals surface area contributed by atoms with E-state index in [9.17, 15) is 4.79 Å². The molecule has 0 atom stereocenters. The van der Waals surface area contributed by atoms with E-state index in [2.05, 4.69) is 5.32 Å². The zero-order valence-corrected chi connectivity index (χ0v) is 12.0. The topological polar surface area (TPSA) is 38.3 Å². The third kappa shape index (κ3) is 3.94. The lowest BCUT2D eigenvalue weighted by Gasteiger charge is -2.08. The van der Waals surface area contributed by atoms with Crippen LogP contribution >= 0.6 is 24.4 Å². The van der Waals surface area contributed by atoms with Gasteiger partial charge in [0.2, 0.25) is 5.05 Å². The number of thiocarbonyl (C=S) groups is 2. The maximum Gasteiger partial charge on any atom is 0.418 e. The van der Waals surface area contributed by atoms with Crippen LogP contribution < -0.4 is 5.32 Å². The highest BCUT2D eigenvalue weighted by Gasteiger charge is 2.11. The first kappa shape index (κ1) is 14.3. The summed E-state index contributed by atoms with van der Waals surface area (Å²) in [5.74, 6) is 0. The second kappa shape index (κ2) is 6.88. The summed E-state index contributed by atoms with van der Waals surface area (Å²) in [6.07, 6.45) is -0.687. The van der Waals surface area contributed by atoms with Crippen LogP contribution in [0.3, 0.4) is 0 Å². The molecule has 5 heteroatoms. The van der Waals surface area contributed by atoms with E-state index in [0.717, 1.165) is 5.56 Å². The van der Waals surface area contributed by atoms with Gasteiger partial charge in [0.05, 0.1) is 0 Å². The van der Waals surface area contributed by atoms with E-state index in [1.807, 2.05) is 36.4 Å². The van der Waals surface area contributed by atoms with Crippen LogP contribution in [0.1, 0.15) is 11.1 Å². The van der Waals surface area contributed by atoms with Gasteiger partial charge >= 0.3 is 6.09 Å². The van der Waals surface area contributed by atoms with Crippen LogP contribution in [0.25, 0.3) is 0 Å². The fourth-order valence-corrected chi connectivity index (χ4v) is 1.93. The Bertz CT molecular complexity index is 571. The molecule has 0 aliphatic rings. The van der Waals surface area contributed by atoms with Crippen LogP contribution in [0.5, 0.6) is 0 Å². The summed E-state index contributed by atoms with van der Waals surface area (Å²) in [5, 5.41) is 2.59. The van der Waals surface area contributed by atoms with E-state index in [1.54, 1.807) is 24.3 Å². The van der Waals surface area contributed by atoms with Crippen LogP contribution in [0.4, 0.5) is 4.79 Å². The molecular weight excluding hydrogens is 290 g/mol. The molecule has 1 N–H and O–H groups in total. The van der Waals surface area contributed by atoms with Crippen molar-refractivity contribution >= 4 is 40.6 Å². The Morgan fingerprint density at radius 3 is 1.90 bits per heavy atom. The van der Waals surface area contributed by atoms with Gasteiger partial charge < -0.3 is 4.74 Å². The van der Waals surface area contributed by atoms with Crippen molar-refractivity contribution in [1.29, 1.82) is 0 Å². The van der Waals surface area contributed by atoms with Gasteiger partial charge in [-0.05, 0) is 12.2 Å². The molecule has 0 fully saturated rings. The molecule has 0 radical (unpaired) electrons. The molecule has 2 aromatic rings. The summed E-state index contributed by atoms with van der Waals surface area (Å²) in [6, 6.07) is 18.2. The van der Waals surface area contributed by atoms with Crippen molar-refractivity contribution < 1.29 is 9.53 Å². The molecule has 0 unspecified atom stereocenters. The molecule has 0 bridgehead atoms. The van der Waals surface area contributed by atoms with E-state index in [1.165, 1.54) is 0 Å². The van der Waals surface area contributed by atoms with Crippen LogP contribution in [0.15, 0.2) is 60.7 Å². The van der Waals surface area contributed by atoms with Gasteiger partial charge in [-0.25, -0.2) is 4.79 Å². The predicted octanol–water partition coefficient (Wildman–Crippen LogP) is 3.46. The first-order valence-corrected chi connectivity index (χ1v) is 6.66. The molecule has 100 valence electrons. The van der Waals surface area contributed by atoms with Crippen LogP contribution in [-0.2, 0) is 4.74 Å². The number of benzene rings is 2. The molecular formula is C15H11NO2S2. The molecule has 0 heterocycles. The standard InChI is InChI=1S/C15H11NO2S2/c17-15(16-13(19)11-7-3-1-4-8-11)18-14(20)12-9-5-2-6-10-12/h1-10H,(H,16,17,19). The molecule has 0 aliphatic heterocycles. The third-order valence-corrected chi connectivity index (χ3v) is 3.10. The average molecular weight is 301 g/mol. The summed E-state index contributed by atoms with van der Waals surface area (Å²) in [7, 11) is 0. The minimum Gasteiger partial charge on any atom is -0.397 e. The summed E-state index contributed by atoms with van der Waals surface area (Å²) in [4.78, 5) is 12.0. The van der Waals surface area contributed by atoms with Crippen molar-refractivity contribution in [2.45, 2.75) is 0 Å². The molecule has 0 saturated heterocycles. The van der Waals surface area contributed by atoms with Gasteiger partial charge in [-0.1, -0.05) is 72.9 Å². The number of hydrogen-bond acceptors (Lipinski definition) is 4. The Labute approximate surface area is 127 Å². The molecule has 3 nitrogen and oxygen atoms in total. The fourth-order valence-electron chi connectivity index (χ4n) is 1.50. The lowest BCUT2D eigenvalue weighted by molar-refractivity contribution is 0.205. The highest BCUT2D eigenvalue weighted by atomic mass is 32.1. The van der Waals surface area contributed by atoms with E-state index < -0.39 is 6.09 Å². The van der Waals surface area contributed by atoms with E-state index in [4.69, 9.17) is 29.2 Å². The van der Waals surface area contributed by atoms with Crippen molar-refractivity contribution in [3.05, 3.63) is 71.8 Å². The van der Waals surface area contributed by atoms with Crippen molar-refractivity contribution in [1.82, 2.24) is 5.32 Å². The Morgan fingerprint density at radius 1 is 0.850 bits per heavy atom. The summed E-state index contributed by atoms with van der Waals surface area (Å²) >= 11 is 10.2. The monoisotopic (exact) mass is 301 g/mol. The molecule has 0 aliphatic carbocycles. The van der Waals surface area contributed by atoms with E-state index in [0.29, 0.717) is 10.6 Å². The highest BCUT2D eigenvalue weighted by Crippen LogP contribution is 2.04. The maximum absolute atomic E-state index is 11.7. The minimum absolute atomic E-state index is 0.110. The van der Waals surface area contributed by atoms with Crippen LogP contribution in [0, 0.1) is 0 Å².